The number of carbonyl (C=O) groups is 1. The molecule has 1 saturated heterocycles. The quantitative estimate of drug-likeness (QED) is 0.811. The summed E-state index contributed by atoms with van der Waals surface area (Å²) in [6.45, 7) is 2.87. The van der Waals surface area contributed by atoms with Crippen LogP contribution in [0, 0.1) is 0 Å². The fraction of sp³-hybridized carbons (Fsp3) is 0.588. The first kappa shape index (κ1) is 16.0. The van der Waals surface area contributed by atoms with E-state index in [0.29, 0.717) is 6.61 Å². The van der Waals surface area contributed by atoms with Crippen LogP contribution in [0.3, 0.4) is 0 Å². The lowest BCUT2D eigenvalue weighted by atomic mass is 10.0. The third-order valence-corrected chi connectivity index (χ3v) is 3.87. The van der Waals surface area contributed by atoms with Gasteiger partial charge in [-0.2, -0.15) is 0 Å². The number of rotatable bonds is 7. The summed E-state index contributed by atoms with van der Waals surface area (Å²) in [6, 6.07) is 8.18. The molecule has 1 aliphatic heterocycles. The van der Waals surface area contributed by atoms with E-state index in [9.17, 15) is 4.79 Å². The molecule has 2 unspecified atom stereocenters. The molecule has 1 fully saturated rings. The van der Waals surface area contributed by atoms with Crippen molar-refractivity contribution in [1.82, 2.24) is 0 Å². The maximum atomic E-state index is 11.9. The van der Waals surface area contributed by atoms with E-state index < -0.39 is 0 Å². The first-order valence-electron chi connectivity index (χ1n) is 7.96. The number of nitrogens with one attached hydrogen (secondary N) is 1. The predicted molar refractivity (Wildman–Crippen MR) is 85.3 cm³/mol. The predicted octanol–water partition coefficient (Wildman–Crippen LogP) is 2.86. The topological polar surface area (TPSA) is 64.3 Å². The summed E-state index contributed by atoms with van der Waals surface area (Å²) in [4.78, 5) is 11.9. The molecule has 1 aromatic rings. The van der Waals surface area contributed by atoms with Crippen LogP contribution in [0.2, 0.25) is 0 Å². The number of hydrogen-bond donors (Lipinski definition) is 2. The lowest BCUT2D eigenvalue weighted by Crippen LogP contribution is -2.26. The number of carbonyl (C=O) groups excluding carboxylic acids is 1. The van der Waals surface area contributed by atoms with Gasteiger partial charge in [-0.05, 0) is 43.4 Å². The highest BCUT2D eigenvalue weighted by atomic mass is 16.5. The zero-order chi connectivity index (χ0) is 15.1. The van der Waals surface area contributed by atoms with Crippen LogP contribution >= 0.6 is 0 Å². The van der Waals surface area contributed by atoms with Crippen LogP contribution < -0.4 is 11.1 Å². The average Bonchev–Trinajstić information content (AvgIpc) is 3.01. The lowest BCUT2D eigenvalue weighted by Gasteiger charge is -2.13. The normalized spacial score (nSPS) is 19.4. The van der Waals surface area contributed by atoms with Gasteiger partial charge < -0.3 is 15.8 Å². The van der Waals surface area contributed by atoms with E-state index in [1.54, 1.807) is 0 Å². The van der Waals surface area contributed by atoms with Crippen molar-refractivity contribution in [2.75, 3.05) is 11.9 Å². The zero-order valence-corrected chi connectivity index (χ0v) is 12.8. The number of unbranched alkanes of at least 4 members (excludes halogenated alkanes) is 1. The molecule has 0 aliphatic carbocycles. The van der Waals surface area contributed by atoms with Gasteiger partial charge >= 0.3 is 0 Å². The van der Waals surface area contributed by atoms with Crippen molar-refractivity contribution in [3.05, 3.63) is 29.8 Å². The number of anilines is 1. The van der Waals surface area contributed by atoms with Crippen molar-refractivity contribution in [2.24, 2.45) is 5.73 Å². The van der Waals surface area contributed by atoms with Gasteiger partial charge in [0, 0.05) is 18.3 Å². The molecular formula is C17H26N2O2. The Morgan fingerprint density at radius 2 is 2.19 bits per heavy atom. The molecule has 116 valence electrons. The second-order valence-electron chi connectivity index (χ2n) is 5.79. The van der Waals surface area contributed by atoms with Crippen LogP contribution in [0.5, 0.6) is 0 Å². The summed E-state index contributed by atoms with van der Waals surface area (Å²) in [5, 5.41) is 2.90. The molecule has 0 aromatic heterocycles. The molecule has 2 rings (SSSR count). The van der Waals surface area contributed by atoms with E-state index in [1.165, 1.54) is 18.4 Å². The van der Waals surface area contributed by atoms with E-state index >= 15 is 0 Å². The van der Waals surface area contributed by atoms with E-state index in [1.807, 2.05) is 24.3 Å². The SMILES string of the molecule is CCCCC(N)Cc1ccc(NC(=O)C2CCCO2)cc1. The molecule has 0 saturated carbocycles. The molecule has 3 N–H and O–H groups in total. The summed E-state index contributed by atoms with van der Waals surface area (Å²) in [7, 11) is 0. The van der Waals surface area contributed by atoms with Crippen LogP contribution in [0.4, 0.5) is 5.69 Å². The van der Waals surface area contributed by atoms with E-state index in [-0.39, 0.29) is 18.1 Å². The average molecular weight is 290 g/mol. The van der Waals surface area contributed by atoms with Crippen molar-refractivity contribution < 1.29 is 9.53 Å². The molecule has 2 atom stereocenters. The molecular weight excluding hydrogens is 264 g/mol. The third kappa shape index (κ3) is 5.14. The summed E-state index contributed by atoms with van der Waals surface area (Å²) in [6.07, 6.45) is 5.81. The van der Waals surface area contributed by atoms with Crippen LogP contribution in [-0.4, -0.2) is 24.7 Å². The van der Waals surface area contributed by atoms with Crippen LogP contribution in [0.15, 0.2) is 24.3 Å². The molecule has 1 heterocycles. The van der Waals surface area contributed by atoms with Crippen molar-refractivity contribution in [3.8, 4) is 0 Å². The van der Waals surface area contributed by atoms with Crippen molar-refractivity contribution in [3.63, 3.8) is 0 Å². The zero-order valence-electron chi connectivity index (χ0n) is 12.8. The minimum absolute atomic E-state index is 0.0418. The minimum Gasteiger partial charge on any atom is -0.368 e. The standard InChI is InChI=1S/C17H26N2O2/c1-2-3-5-14(18)12-13-7-9-15(10-8-13)19-17(20)16-6-4-11-21-16/h7-10,14,16H,2-6,11-12,18H2,1H3,(H,19,20). The van der Waals surface area contributed by atoms with Gasteiger partial charge in [-0.3, -0.25) is 4.79 Å². The van der Waals surface area contributed by atoms with Gasteiger partial charge in [0.2, 0.25) is 0 Å². The van der Waals surface area contributed by atoms with Crippen LogP contribution in [0.25, 0.3) is 0 Å². The Morgan fingerprint density at radius 3 is 2.81 bits per heavy atom. The van der Waals surface area contributed by atoms with Gasteiger partial charge in [-0.15, -0.1) is 0 Å². The van der Waals surface area contributed by atoms with Gasteiger partial charge in [0.25, 0.3) is 5.91 Å². The molecule has 0 radical (unpaired) electrons. The van der Waals surface area contributed by atoms with Crippen LogP contribution in [0.1, 0.15) is 44.6 Å². The molecule has 1 aliphatic rings. The Labute approximate surface area is 127 Å². The van der Waals surface area contributed by atoms with Gasteiger partial charge in [-0.1, -0.05) is 31.9 Å². The Morgan fingerprint density at radius 1 is 1.43 bits per heavy atom. The molecule has 1 amide bonds. The maximum Gasteiger partial charge on any atom is 0.253 e. The molecule has 1 aromatic carbocycles. The highest BCUT2D eigenvalue weighted by Crippen LogP contribution is 2.16. The number of benzene rings is 1. The maximum absolute atomic E-state index is 11.9. The fourth-order valence-corrected chi connectivity index (χ4v) is 2.60. The van der Waals surface area contributed by atoms with E-state index in [4.69, 9.17) is 10.5 Å². The number of ether oxygens (including phenoxy) is 1. The highest BCUT2D eigenvalue weighted by Gasteiger charge is 2.23. The number of nitrogens with two attached hydrogens (primary N) is 1. The Hall–Kier alpha value is -1.39. The fourth-order valence-electron chi connectivity index (χ4n) is 2.60. The van der Waals surface area contributed by atoms with Crippen LogP contribution in [-0.2, 0) is 16.0 Å². The monoisotopic (exact) mass is 290 g/mol. The minimum atomic E-state index is -0.285. The lowest BCUT2D eigenvalue weighted by molar-refractivity contribution is -0.124. The van der Waals surface area contributed by atoms with Gasteiger partial charge in [0.15, 0.2) is 0 Å². The van der Waals surface area contributed by atoms with Gasteiger partial charge in [-0.25, -0.2) is 0 Å². The summed E-state index contributed by atoms with van der Waals surface area (Å²) in [5.41, 5.74) is 8.14. The summed E-state index contributed by atoms with van der Waals surface area (Å²) in [5.74, 6) is -0.0418. The first-order valence-corrected chi connectivity index (χ1v) is 7.96. The first-order chi connectivity index (χ1) is 10.2. The third-order valence-electron chi connectivity index (χ3n) is 3.87. The second kappa shape index (κ2) is 8.15. The van der Waals surface area contributed by atoms with E-state index in [0.717, 1.165) is 31.4 Å². The number of amides is 1. The Kier molecular flexibility index (Phi) is 6.21. The van der Waals surface area contributed by atoms with Gasteiger partial charge in [0.05, 0.1) is 0 Å². The summed E-state index contributed by atoms with van der Waals surface area (Å²) < 4.78 is 5.37. The molecule has 0 bridgehead atoms. The molecule has 21 heavy (non-hydrogen) atoms. The smallest absolute Gasteiger partial charge is 0.253 e. The summed E-state index contributed by atoms with van der Waals surface area (Å²) >= 11 is 0. The molecule has 4 heteroatoms. The molecule has 4 nitrogen and oxygen atoms in total. The van der Waals surface area contributed by atoms with Crippen molar-refractivity contribution in [1.29, 1.82) is 0 Å². The molecule has 0 spiro atoms. The Balaban J connectivity index is 1.82. The highest BCUT2D eigenvalue weighted by molar-refractivity contribution is 5.94. The van der Waals surface area contributed by atoms with Crippen molar-refractivity contribution >= 4 is 11.6 Å². The van der Waals surface area contributed by atoms with Crippen molar-refractivity contribution in [2.45, 2.75) is 57.6 Å². The van der Waals surface area contributed by atoms with E-state index in [2.05, 4.69) is 12.2 Å². The largest absolute Gasteiger partial charge is 0.368 e. The second-order valence-corrected chi connectivity index (χ2v) is 5.79. The number of hydrogen-bond acceptors (Lipinski definition) is 3. The van der Waals surface area contributed by atoms with Gasteiger partial charge in [0.1, 0.15) is 6.10 Å². The Bertz CT molecular complexity index is 439.